The van der Waals surface area contributed by atoms with Gasteiger partial charge in [0, 0.05) is 11.8 Å². The Balaban J connectivity index is 1.85. The summed E-state index contributed by atoms with van der Waals surface area (Å²) in [7, 11) is 0. The van der Waals surface area contributed by atoms with Crippen molar-refractivity contribution in [1.82, 2.24) is 0 Å². The van der Waals surface area contributed by atoms with Crippen molar-refractivity contribution in [3.8, 4) is 5.75 Å². The van der Waals surface area contributed by atoms with Crippen molar-refractivity contribution in [3.63, 3.8) is 0 Å². The summed E-state index contributed by atoms with van der Waals surface area (Å²) in [5.41, 5.74) is 2.29. The van der Waals surface area contributed by atoms with Gasteiger partial charge in [-0.15, -0.1) is 0 Å². The van der Waals surface area contributed by atoms with Gasteiger partial charge < -0.3 is 10.1 Å². The molecule has 5 heteroatoms. The molecular weight excluding hydrogens is 288 g/mol. The number of carbonyl (C=O) groups excluding carboxylic acids is 1. The number of nitrogens with one attached hydrogen (secondary N) is 1. The van der Waals surface area contributed by atoms with Gasteiger partial charge in [-0.3, -0.25) is 4.79 Å². The molecular formula is C17H17F2NO2. The van der Waals surface area contributed by atoms with Gasteiger partial charge in [-0.2, -0.15) is 0 Å². The van der Waals surface area contributed by atoms with Crippen LogP contribution in [0.2, 0.25) is 0 Å². The van der Waals surface area contributed by atoms with Crippen LogP contribution in [0.1, 0.15) is 17.5 Å². The standard InChI is InChI=1S/C17H17F2NO2/c1-11-3-4-12(2)16(9-11)22-8-7-17(21)20-13-5-6-14(18)15(19)10-13/h3-6,9-10H,7-8H2,1-2H3,(H,20,21). The number of halogens is 2. The Labute approximate surface area is 127 Å². The highest BCUT2D eigenvalue weighted by molar-refractivity contribution is 5.90. The van der Waals surface area contributed by atoms with Crippen molar-refractivity contribution >= 4 is 11.6 Å². The molecule has 0 aliphatic rings. The highest BCUT2D eigenvalue weighted by atomic mass is 19.2. The zero-order chi connectivity index (χ0) is 16.1. The monoisotopic (exact) mass is 305 g/mol. The fraction of sp³-hybridized carbons (Fsp3) is 0.235. The number of benzene rings is 2. The van der Waals surface area contributed by atoms with Crippen LogP contribution in [-0.2, 0) is 4.79 Å². The molecule has 0 saturated carbocycles. The van der Waals surface area contributed by atoms with Crippen LogP contribution < -0.4 is 10.1 Å². The summed E-state index contributed by atoms with van der Waals surface area (Å²) in [4.78, 5) is 11.7. The summed E-state index contributed by atoms with van der Waals surface area (Å²) in [6.07, 6.45) is 0.117. The summed E-state index contributed by atoms with van der Waals surface area (Å²) in [5.74, 6) is -1.53. The zero-order valence-corrected chi connectivity index (χ0v) is 12.5. The van der Waals surface area contributed by atoms with Crippen molar-refractivity contribution in [2.75, 3.05) is 11.9 Å². The number of rotatable bonds is 5. The topological polar surface area (TPSA) is 38.3 Å². The predicted molar refractivity (Wildman–Crippen MR) is 81.0 cm³/mol. The molecule has 0 atom stereocenters. The van der Waals surface area contributed by atoms with Crippen LogP contribution in [-0.4, -0.2) is 12.5 Å². The molecule has 0 aromatic heterocycles. The third kappa shape index (κ3) is 4.28. The van der Waals surface area contributed by atoms with E-state index in [1.54, 1.807) is 0 Å². The maximum absolute atomic E-state index is 13.0. The van der Waals surface area contributed by atoms with Gasteiger partial charge in [-0.1, -0.05) is 12.1 Å². The minimum absolute atomic E-state index is 0.117. The van der Waals surface area contributed by atoms with Gasteiger partial charge in [-0.25, -0.2) is 8.78 Å². The molecule has 2 rings (SSSR count). The molecule has 0 radical (unpaired) electrons. The van der Waals surface area contributed by atoms with Crippen LogP contribution in [0.5, 0.6) is 5.75 Å². The van der Waals surface area contributed by atoms with E-state index in [0.29, 0.717) is 0 Å². The van der Waals surface area contributed by atoms with E-state index >= 15 is 0 Å². The van der Waals surface area contributed by atoms with Crippen LogP contribution in [0.25, 0.3) is 0 Å². The Hall–Kier alpha value is -2.43. The fourth-order valence-electron chi connectivity index (χ4n) is 1.91. The molecule has 0 aliphatic carbocycles. The first-order chi connectivity index (χ1) is 10.5. The molecule has 0 spiro atoms. The first-order valence-electron chi connectivity index (χ1n) is 6.90. The summed E-state index contributed by atoms with van der Waals surface area (Å²) in [6, 6.07) is 9.06. The van der Waals surface area contributed by atoms with E-state index < -0.39 is 11.6 Å². The number of hydrogen-bond acceptors (Lipinski definition) is 2. The Bertz CT molecular complexity index is 686. The average Bonchev–Trinajstić information content (AvgIpc) is 2.46. The van der Waals surface area contributed by atoms with Gasteiger partial charge in [0.15, 0.2) is 11.6 Å². The van der Waals surface area contributed by atoms with E-state index in [0.717, 1.165) is 29.0 Å². The van der Waals surface area contributed by atoms with Gasteiger partial charge in [0.25, 0.3) is 0 Å². The lowest BCUT2D eigenvalue weighted by Gasteiger charge is -2.10. The first kappa shape index (κ1) is 15.9. The average molecular weight is 305 g/mol. The second-order valence-corrected chi connectivity index (χ2v) is 5.04. The summed E-state index contributed by atoms with van der Waals surface area (Å²) < 4.78 is 31.4. The maximum atomic E-state index is 13.0. The third-order valence-electron chi connectivity index (χ3n) is 3.13. The second kappa shape index (κ2) is 7.02. The van der Waals surface area contributed by atoms with Crippen LogP contribution in [0.15, 0.2) is 36.4 Å². The van der Waals surface area contributed by atoms with Crippen molar-refractivity contribution < 1.29 is 18.3 Å². The molecule has 0 fully saturated rings. The van der Waals surface area contributed by atoms with Crippen LogP contribution in [0.3, 0.4) is 0 Å². The number of carbonyl (C=O) groups is 1. The molecule has 0 saturated heterocycles. The highest BCUT2D eigenvalue weighted by Crippen LogP contribution is 2.19. The molecule has 1 N–H and O–H groups in total. The molecule has 116 valence electrons. The summed E-state index contributed by atoms with van der Waals surface area (Å²) in [5, 5.41) is 2.50. The molecule has 0 heterocycles. The van der Waals surface area contributed by atoms with Crippen LogP contribution >= 0.6 is 0 Å². The third-order valence-corrected chi connectivity index (χ3v) is 3.13. The number of aryl methyl sites for hydroxylation is 2. The number of anilines is 1. The largest absolute Gasteiger partial charge is 0.493 e. The SMILES string of the molecule is Cc1ccc(C)c(OCCC(=O)Nc2ccc(F)c(F)c2)c1. The molecule has 3 nitrogen and oxygen atoms in total. The molecule has 0 bridgehead atoms. The Morgan fingerprint density at radius 2 is 1.86 bits per heavy atom. The maximum Gasteiger partial charge on any atom is 0.227 e. The molecule has 22 heavy (non-hydrogen) atoms. The quantitative estimate of drug-likeness (QED) is 0.907. The number of hydrogen-bond donors (Lipinski definition) is 1. The molecule has 0 aliphatic heterocycles. The first-order valence-corrected chi connectivity index (χ1v) is 6.90. The second-order valence-electron chi connectivity index (χ2n) is 5.04. The minimum atomic E-state index is -0.996. The van der Waals surface area contributed by atoms with Crippen molar-refractivity contribution in [3.05, 3.63) is 59.2 Å². The lowest BCUT2D eigenvalue weighted by Crippen LogP contribution is -2.15. The molecule has 2 aromatic carbocycles. The van der Waals surface area contributed by atoms with E-state index in [1.165, 1.54) is 6.07 Å². The molecule has 0 unspecified atom stereocenters. The number of ether oxygens (including phenoxy) is 1. The Kier molecular flexibility index (Phi) is 5.09. The fourth-order valence-corrected chi connectivity index (χ4v) is 1.91. The van der Waals surface area contributed by atoms with Crippen molar-refractivity contribution in [2.24, 2.45) is 0 Å². The van der Waals surface area contributed by atoms with Crippen LogP contribution in [0, 0.1) is 25.5 Å². The van der Waals surface area contributed by atoms with Crippen molar-refractivity contribution in [1.29, 1.82) is 0 Å². The van der Waals surface area contributed by atoms with Gasteiger partial charge in [0.1, 0.15) is 5.75 Å². The highest BCUT2D eigenvalue weighted by Gasteiger charge is 2.07. The van der Waals surface area contributed by atoms with Gasteiger partial charge in [-0.05, 0) is 43.2 Å². The van der Waals surface area contributed by atoms with Crippen LogP contribution in [0.4, 0.5) is 14.5 Å². The summed E-state index contributed by atoms with van der Waals surface area (Å²) in [6.45, 7) is 4.10. The van der Waals surface area contributed by atoms with E-state index in [1.807, 2.05) is 32.0 Å². The minimum Gasteiger partial charge on any atom is -0.493 e. The van der Waals surface area contributed by atoms with Gasteiger partial charge in [0.05, 0.1) is 13.0 Å². The lowest BCUT2D eigenvalue weighted by molar-refractivity contribution is -0.116. The van der Waals surface area contributed by atoms with E-state index in [4.69, 9.17) is 4.74 Å². The Morgan fingerprint density at radius 1 is 1.09 bits per heavy atom. The van der Waals surface area contributed by atoms with E-state index in [2.05, 4.69) is 5.32 Å². The smallest absolute Gasteiger partial charge is 0.227 e. The van der Waals surface area contributed by atoms with Gasteiger partial charge >= 0.3 is 0 Å². The van der Waals surface area contributed by atoms with Gasteiger partial charge in [0.2, 0.25) is 5.91 Å². The normalized spacial score (nSPS) is 10.4. The number of amides is 1. The molecule has 1 amide bonds. The van der Waals surface area contributed by atoms with E-state index in [-0.39, 0.29) is 24.6 Å². The lowest BCUT2D eigenvalue weighted by atomic mass is 10.1. The van der Waals surface area contributed by atoms with E-state index in [9.17, 15) is 13.6 Å². The molecule has 2 aromatic rings. The zero-order valence-electron chi connectivity index (χ0n) is 12.5. The summed E-state index contributed by atoms with van der Waals surface area (Å²) >= 11 is 0. The predicted octanol–water partition coefficient (Wildman–Crippen LogP) is 3.99. The van der Waals surface area contributed by atoms with Crippen molar-refractivity contribution in [2.45, 2.75) is 20.3 Å². The Morgan fingerprint density at radius 3 is 2.59 bits per heavy atom.